The molecule has 7 heteroatoms. The highest BCUT2D eigenvalue weighted by Gasteiger charge is 2.12. The van der Waals surface area contributed by atoms with Crippen LogP contribution in [0.25, 0.3) is 0 Å². The van der Waals surface area contributed by atoms with Crippen LogP contribution in [0.15, 0.2) is 40.6 Å². The topological polar surface area (TPSA) is 89.3 Å². The predicted molar refractivity (Wildman–Crippen MR) is 78.0 cm³/mol. The minimum absolute atomic E-state index is 0.0945. The second-order valence-corrected chi connectivity index (χ2v) is 7.27. The molecule has 0 radical (unpaired) electrons. The molecule has 0 aliphatic carbocycles. The van der Waals surface area contributed by atoms with Crippen LogP contribution in [-0.4, -0.2) is 14.3 Å². The van der Waals surface area contributed by atoms with Crippen molar-refractivity contribution < 1.29 is 13.2 Å². The van der Waals surface area contributed by atoms with Crippen LogP contribution in [0.1, 0.15) is 20.8 Å². The van der Waals surface area contributed by atoms with E-state index in [0.717, 1.165) is 21.8 Å². The summed E-state index contributed by atoms with van der Waals surface area (Å²) in [6.07, 6.45) is 0. The van der Waals surface area contributed by atoms with Crippen LogP contribution < -0.4 is 10.5 Å². The van der Waals surface area contributed by atoms with Gasteiger partial charge in [-0.25, -0.2) is 13.6 Å². The molecule has 0 atom stereocenters. The molecule has 0 spiro atoms. The Hall–Kier alpha value is -1.70. The van der Waals surface area contributed by atoms with Crippen molar-refractivity contribution in [2.45, 2.75) is 17.7 Å². The van der Waals surface area contributed by atoms with Crippen LogP contribution in [0.3, 0.4) is 0 Å². The average Bonchev–Trinajstić information content (AvgIpc) is 2.85. The van der Waals surface area contributed by atoms with Crippen LogP contribution in [-0.2, 0) is 16.6 Å². The van der Waals surface area contributed by atoms with E-state index in [1.807, 2.05) is 19.1 Å². The van der Waals surface area contributed by atoms with Crippen LogP contribution >= 0.6 is 11.3 Å². The quantitative estimate of drug-likeness (QED) is 0.899. The highest BCUT2D eigenvalue weighted by atomic mass is 32.2. The first-order chi connectivity index (χ1) is 9.36. The molecule has 0 aliphatic heterocycles. The molecule has 1 heterocycles. The molecule has 1 aromatic heterocycles. The number of nitrogens with two attached hydrogens (primary N) is 1. The van der Waals surface area contributed by atoms with Crippen LogP contribution in [0.5, 0.6) is 0 Å². The first-order valence-electron chi connectivity index (χ1n) is 5.82. The van der Waals surface area contributed by atoms with Crippen molar-refractivity contribution in [3.8, 4) is 0 Å². The van der Waals surface area contributed by atoms with Crippen LogP contribution in [0.2, 0.25) is 0 Å². The van der Waals surface area contributed by atoms with Gasteiger partial charge in [-0.2, -0.15) is 0 Å². The maximum Gasteiger partial charge on any atom is 0.251 e. The van der Waals surface area contributed by atoms with Crippen molar-refractivity contribution in [1.82, 2.24) is 5.32 Å². The van der Waals surface area contributed by atoms with E-state index in [9.17, 15) is 13.2 Å². The maximum absolute atomic E-state index is 11.9. The fourth-order valence-corrected chi connectivity index (χ4v) is 3.30. The third-order valence-electron chi connectivity index (χ3n) is 2.65. The third-order valence-corrected chi connectivity index (χ3v) is 5.18. The van der Waals surface area contributed by atoms with E-state index in [0.29, 0.717) is 5.56 Å². The lowest BCUT2D eigenvalue weighted by molar-refractivity contribution is 0.0951. The third kappa shape index (κ3) is 3.66. The fraction of sp³-hybridized carbons (Fsp3) is 0.154. The van der Waals surface area contributed by atoms with E-state index in [2.05, 4.69) is 5.32 Å². The molecule has 5 nitrogen and oxygen atoms in total. The molecular weight excluding hydrogens is 296 g/mol. The number of carbonyl (C=O) groups is 1. The van der Waals surface area contributed by atoms with E-state index in [4.69, 9.17) is 5.14 Å². The number of primary sulfonamides is 1. The normalized spacial score (nSPS) is 11.3. The average molecular weight is 310 g/mol. The summed E-state index contributed by atoms with van der Waals surface area (Å²) in [6.45, 7) is 2.22. The zero-order chi connectivity index (χ0) is 14.8. The van der Waals surface area contributed by atoms with E-state index >= 15 is 0 Å². The minimum Gasteiger partial charge on any atom is -0.347 e. The lowest BCUT2D eigenvalue weighted by Crippen LogP contribution is -2.22. The number of hydrogen-bond donors (Lipinski definition) is 2. The minimum atomic E-state index is -3.67. The Morgan fingerprint density at radius 1 is 1.20 bits per heavy atom. The number of rotatable bonds is 4. The van der Waals surface area contributed by atoms with Gasteiger partial charge in [-0.05, 0) is 31.2 Å². The van der Waals surface area contributed by atoms with Crippen molar-refractivity contribution in [2.75, 3.05) is 0 Å². The summed E-state index contributed by atoms with van der Waals surface area (Å²) >= 11 is 1.05. The van der Waals surface area contributed by atoms with Gasteiger partial charge in [0.1, 0.15) is 4.21 Å². The van der Waals surface area contributed by atoms with Gasteiger partial charge in [0.2, 0.25) is 10.0 Å². The van der Waals surface area contributed by atoms with Gasteiger partial charge in [0.15, 0.2) is 0 Å². The van der Waals surface area contributed by atoms with Gasteiger partial charge < -0.3 is 5.32 Å². The Morgan fingerprint density at radius 2 is 1.85 bits per heavy atom. The number of hydrogen-bond acceptors (Lipinski definition) is 4. The molecule has 20 heavy (non-hydrogen) atoms. The Balaban J connectivity index is 2.00. The van der Waals surface area contributed by atoms with E-state index in [-0.39, 0.29) is 16.7 Å². The number of sulfonamides is 1. The lowest BCUT2D eigenvalue weighted by Gasteiger charge is -2.03. The summed E-state index contributed by atoms with van der Waals surface area (Å²) in [7, 11) is -3.67. The van der Waals surface area contributed by atoms with Crippen molar-refractivity contribution in [1.29, 1.82) is 0 Å². The first-order valence-corrected chi connectivity index (χ1v) is 8.19. The number of benzene rings is 1. The lowest BCUT2D eigenvalue weighted by atomic mass is 10.1. The second-order valence-electron chi connectivity index (χ2n) is 4.31. The smallest absolute Gasteiger partial charge is 0.251 e. The predicted octanol–water partition coefficient (Wildman–Crippen LogP) is 1.63. The summed E-state index contributed by atoms with van der Waals surface area (Å²) in [5, 5.41) is 7.76. The van der Waals surface area contributed by atoms with Gasteiger partial charge in [-0.3, -0.25) is 4.79 Å². The highest BCUT2D eigenvalue weighted by Crippen LogP contribution is 2.20. The summed E-state index contributed by atoms with van der Waals surface area (Å²) in [6, 6.07) is 10.3. The van der Waals surface area contributed by atoms with Crippen molar-refractivity contribution in [2.24, 2.45) is 5.14 Å². The van der Waals surface area contributed by atoms with Gasteiger partial charge in [-0.15, -0.1) is 11.3 Å². The molecule has 0 saturated heterocycles. The van der Waals surface area contributed by atoms with Gasteiger partial charge >= 0.3 is 0 Å². The number of aryl methyl sites for hydroxylation is 1. The molecule has 0 aliphatic rings. The summed E-state index contributed by atoms with van der Waals surface area (Å²) in [5.41, 5.74) is 1.65. The molecular formula is C13H14N2O3S2. The molecule has 0 saturated carbocycles. The Bertz CT molecular complexity index is 718. The van der Waals surface area contributed by atoms with Crippen molar-refractivity contribution in [3.63, 3.8) is 0 Å². The monoisotopic (exact) mass is 310 g/mol. The summed E-state index contributed by atoms with van der Waals surface area (Å²) < 4.78 is 22.4. The molecule has 2 rings (SSSR count). The molecule has 3 N–H and O–H groups in total. The number of thiophene rings is 1. The zero-order valence-electron chi connectivity index (χ0n) is 10.8. The van der Waals surface area contributed by atoms with E-state index in [1.165, 1.54) is 6.07 Å². The van der Waals surface area contributed by atoms with Crippen LogP contribution in [0.4, 0.5) is 0 Å². The number of carbonyl (C=O) groups excluding carboxylic acids is 1. The Morgan fingerprint density at radius 3 is 2.40 bits per heavy atom. The summed E-state index contributed by atoms with van der Waals surface area (Å²) in [4.78, 5) is 12.6. The van der Waals surface area contributed by atoms with Gasteiger partial charge in [0.25, 0.3) is 5.91 Å². The number of amides is 1. The molecule has 106 valence electrons. The Kier molecular flexibility index (Phi) is 4.22. The zero-order valence-corrected chi connectivity index (χ0v) is 12.4. The molecule has 0 bridgehead atoms. The highest BCUT2D eigenvalue weighted by molar-refractivity contribution is 7.91. The molecule has 0 fully saturated rings. The molecule has 2 aromatic rings. The van der Waals surface area contributed by atoms with Gasteiger partial charge in [0, 0.05) is 10.4 Å². The van der Waals surface area contributed by atoms with Crippen LogP contribution in [0, 0.1) is 6.92 Å². The van der Waals surface area contributed by atoms with Crippen molar-refractivity contribution >= 4 is 27.3 Å². The summed E-state index contributed by atoms with van der Waals surface area (Å²) in [5.74, 6) is -0.199. The molecule has 1 amide bonds. The van der Waals surface area contributed by atoms with Gasteiger partial charge in [0.05, 0.1) is 6.54 Å². The van der Waals surface area contributed by atoms with E-state index in [1.54, 1.807) is 18.2 Å². The van der Waals surface area contributed by atoms with Crippen molar-refractivity contribution in [3.05, 3.63) is 52.4 Å². The fourth-order valence-electron chi connectivity index (χ4n) is 1.58. The van der Waals surface area contributed by atoms with E-state index < -0.39 is 10.0 Å². The second kappa shape index (κ2) is 5.74. The maximum atomic E-state index is 11.9. The Labute approximate surface area is 121 Å². The molecule has 1 aromatic carbocycles. The van der Waals surface area contributed by atoms with Gasteiger partial charge in [-0.1, -0.05) is 17.7 Å². The SMILES string of the molecule is Cc1ccc(C(=O)NCc2ccc(S(N)(=O)=O)s2)cc1. The largest absolute Gasteiger partial charge is 0.347 e. The number of nitrogens with one attached hydrogen (secondary N) is 1. The standard InChI is InChI=1S/C13H14N2O3S2/c1-9-2-4-10(5-3-9)13(16)15-8-11-6-7-12(19-11)20(14,17)18/h2-7H,8H2,1H3,(H,15,16)(H2,14,17,18). The molecule has 0 unspecified atom stereocenters. The first kappa shape index (κ1) is 14.7.